The van der Waals surface area contributed by atoms with Gasteiger partial charge in [0.2, 0.25) is 5.91 Å². The quantitative estimate of drug-likeness (QED) is 0.470. The van der Waals surface area contributed by atoms with E-state index in [1.807, 2.05) is 6.07 Å². The van der Waals surface area contributed by atoms with Crippen molar-refractivity contribution in [3.8, 4) is 11.5 Å². The van der Waals surface area contributed by atoms with E-state index < -0.39 is 5.97 Å². The molecular weight excluding hydrogens is 426 g/mol. The van der Waals surface area contributed by atoms with Crippen molar-refractivity contribution < 1.29 is 23.8 Å². The van der Waals surface area contributed by atoms with Gasteiger partial charge in [0.1, 0.15) is 23.9 Å². The van der Waals surface area contributed by atoms with Gasteiger partial charge in [0.15, 0.2) is 0 Å². The second-order valence-electron chi connectivity index (χ2n) is 7.43. The van der Waals surface area contributed by atoms with E-state index in [4.69, 9.17) is 14.2 Å². The SMILES string of the molecule is COC(=O)CN(Cc1cc(OC)cc(OC)c1)C(=O)CCCc1nc2ccccc2c(=O)[nH]1. The highest BCUT2D eigenvalue weighted by Crippen LogP contribution is 2.23. The molecule has 3 aromatic rings. The lowest BCUT2D eigenvalue weighted by molar-refractivity contribution is -0.147. The molecule has 0 saturated heterocycles. The molecule has 9 nitrogen and oxygen atoms in total. The molecule has 0 unspecified atom stereocenters. The molecule has 1 heterocycles. The van der Waals surface area contributed by atoms with Gasteiger partial charge in [0, 0.05) is 25.5 Å². The molecule has 2 aromatic carbocycles. The van der Waals surface area contributed by atoms with Crippen LogP contribution in [-0.2, 0) is 27.3 Å². The maximum absolute atomic E-state index is 12.9. The molecule has 33 heavy (non-hydrogen) atoms. The molecule has 1 amide bonds. The van der Waals surface area contributed by atoms with Crippen molar-refractivity contribution in [2.75, 3.05) is 27.9 Å². The Morgan fingerprint density at radius 1 is 1.03 bits per heavy atom. The van der Waals surface area contributed by atoms with Crippen molar-refractivity contribution in [1.29, 1.82) is 0 Å². The molecule has 0 aliphatic carbocycles. The molecule has 1 N–H and O–H groups in total. The second-order valence-corrected chi connectivity index (χ2v) is 7.43. The van der Waals surface area contributed by atoms with E-state index >= 15 is 0 Å². The van der Waals surface area contributed by atoms with Gasteiger partial charge in [-0.05, 0) is 36.2 Å². The number of hydrogen-bond donors (Lipinski definition) is 1. The van der Waals surface area contributed by atoms with Gasteiger partial charge >= 0.3 is 5.97 Å². The molecule has 0 saturated carbocycles. The Labute approximate surface area is 191 Å². The Balaban J connectivity index is 1.69. The number of nitrogens with zero attached hydrogens (tertiary/aromatic N) is 2. The van der Waals surface area contributed by atoms with Gasteiger partial charge in [0.05, 0.1) is 32.2 Å². The lowest BCUT2D eigenvalue weighted by Gasteiger charge is -2.22. The molecule has 0 bridgehead atoms. The number of carbonyl (C=O) groups excluding carboxylic acids is 2. The first-order valence-corrected chi connectivity index (χ1v) is 10.5. The number of H-pyrrole nitrogens is 1. The number of aromatic nitrogens is 2. The van der Waals surface area contributed by atoms with E-state index in [1.54, 1.807) is 50.6 Å². The summed E-state index contributed by atoms with van der Waals surface area (Å²) in [6.45, 7) is 0.00642. The first kappa shape index (κ1) is 23.8. The molecule has 174 valence electrons. The fraction of sp³-hybridized carbons (Fsp3) is 0.333. The highest BCUT2D eigenvalue weighted by Gasteiger charge is 2.19. The smallest absolute Gasteiger partial charge is 0.325 e. The molecule has 0 spiro atoms. The highest BCUT2D eigenvalue weighted by atomic mass is 16.5. The fourth-order valence-electron chi connectivity index (χ4n) is 3.45. The summed E-state index contributed by atoms with van der Waals surface area (Å²) in [6.07, 6.45) is 1.05. The van der Waals surface area contributed by atoms with Crippen molar-refractivity contribution >= 4 is 22.8 Å². The standard InChI is InChI=1S/C24H27N3O6/c1-31-17-11-16(12-18(13-17)32-2)14-27(15-23(29)33-3)22(28)10-6-9-21-25-20-8-5-4-7-19(20)24(30)26-21/h4-5,7-8,11-13H,6,9-10,14-15H2,1-3H3,(H,25,26,30). The number of fused-ring (bicyclic) bond motifs is 1. The van der Waals surface area contributed by atoms with E-state index in [0.29, 0.717) is 41.1 Å². The van der Waals surface area contributed by atoms with Crippen molar-refractivity contribution in [2.45, 2.75) is 25.8 Å². The van der Waals surface area contributed by atoms with Gasteiger partial charge in [-0.15, -0.1) is 0 Å². The highest BCUT2D eigenvalue weighted by molar-refractivity contribution is 5.82. The van der Waals surface area contributed by atoms with Gasteiger partial charge in [-0.25, -0.2) is 4.98 Å². The molecule has 0 fully saturated rings. The number of benzene rings is 2. The topological polar surface area (TPSA) is 111 Å². The van der Waals surface area contributed by atoms with Crippen molar-refractivity contribution in [3.05, 3.63) is 64.2 Å². The van der Waals surface area contributed by atoms with Gasteiger partial charge in [-0.3, -0.25) is 14.4 Å². The largest absolute Gasteiger partial charge is 0.497 e. The van der Waals surface area contributed by atoms with Crippen LogP contribution in [0.3, 0.4) is 0 Å². The van der Waals surface area contributed by atoms with E-state index in [2.05, 4.69) is 9.97 Å². The zero-order chi connectivity index (χ0) is 23.8. The number of esters is 1. The number of carbonyl (C=O) groups is 2. The van der Waals surface area contributed by atoms with Crippen LogP contribution in [0.1, 0.15) is 24.2 Å². The van der Waals surface area contributed by atoms with E-state index in [0.717, 1.165) is 5.56 Å². The number of rotatable bonds is 10. The molecule has 1 aromatic heterocycles. The number of aryl methyl sites for hydroxylation is 1. The average Bonchev–Trinajstić information content (AvgIpc) is 2.83. The van der Waals surface area contributed by atoms with Crippen LogP contribution in [0, 0.1) is 0 Å². The number of methoxy groups -OCH3 is 3. The Kier molecular flexibility index (Phi) is 8.01. The first-order chi connectivity index (χ1) is 15.9. The summed E-state index contributed by atoms with van der Waals surface area (Å²) in [5.74, 6) is 0.954. The van der Waals surface area contributed by atoms with Crippen LogP contribution in [-0.4, -0.2) is 54.6 Å². The average molecular weight is 453 g/mol. The predicted molar refractivity (Wildman–Crippen MR) is 122 cm³/mol. The number of amides is 1. The lowest BCUT2D eigenvalue weighted by Crippen LogP contribution is -2.35. The Hall–Kier alpha value is -3.88. The molecule has 0 radical (unpaired) electrons. The van der Waals surface area contributed by atoms with Crippen molar-refractivity contribution in [1.82, 2.24) is 14.9 Å². The summed E-state index contributed by atoms with van der Waals surface area (Å²) in [7, 11) is 4.36. The third-order valence-electron chi connectivity index (χ3n) is 5.15. The van der Waals surface area contributed by atoms with Gasteiger partial charge in [-0.1, -0.05) is 12.1 Å². The number of para-hydroxylation sites is 1. The van der Waals surface area contributed by atoms with Crippen molar-refractivity contribution in [2.24, 2.45) is 0 Å². The zero-order valence-corrected chi connectivity index (χ0v) is 18.9. The summed E-state index contributed by atoms with van der Waals surface area (Å²) >= 11 is 0. The Bertz CT molecular complexity index is 1170. The maximum atomic E-state index is 12.9. The first-order valence-electron chi connectivity index (χ1n) is 10.5. The van der Waals surface area contributed by atoms with Crippen LogP contribution in [0.4, 0.5) is 0 Å². The number of hydrogen-bond acceptors (Lipinski definition) is 7. The summed E-state index contributed by atoms with van der Waals surface area (Å²) in [6, 6.07) is 12.4. The van der Waals surface area contributed by atoms with Crippen LogP contribution in [0.5, 0.6) is 11.5 Å². The maximum Gasteiger partial charge on any atom is 0.325 e. The monoisotopic (exact) mass is 453 g/mol. The van der Waals surface area contributed by atoms with E-state index in [9.17, 15) is 14.4 Å². The van der Waals surface area contributed by atoms with Gasteiger partial charge < -0.3 is 24.1 Å². The van der Waals surface area contributed by atoms with E-state index in [-0.39, 0.29) is 31.0 Å². The lowest BCUT2D eigenvalue weighted by atomic mass is 10.1. The molecule has 3 rings (SSSR count). The number of nitrogens with one attached hydrogen (secondary N) is 1. The summed E-state index contributed by atoms with van der Waals surface area (Å²) in [4.78, 5) is 45.7. The second kappa shape index (κ2) is 11.1. The van der Waals surface area contributed by atoms with Gasteiger partial charge in [0.25, 0.3) is 5.56 Å². The van der Waals surface area contributed by atoms with Crippen LogP contribution in [0.15, 0.2) is 47.3 Å². The molecule has 0 aliphatic rings. The summed E-state index contributed by atoms with van der Waals surface area (Å²) in [5.41, 5.74) is 1.16. The van der Waals surface area contributed by atoms with E-state index in [1.165, 1.54) is 12.0 Å². The minimum absolute atomic E-state index is 0.175. The van der Waals surface area contributed by atoms with Crippen LogP contribution >= 0.6 is 0 Å². The molecular formula is C24H27N3O6. The minimum Gasteiger partial charge on any atom is -0.497 e. The van der Waals surface area contributed by atoms with Gasteiger partial charge in [-0.2, -0.15) is 0 Å². The molecule has 9 heteroatoms. The van der Waals surface area contributed by atoms with Crippen LogP contribution in [0.25, 0.3) is 10.9 Å². The zero-order valence-electron chi connectivity index (χ0n) is 18.9. The predicted octanol–water partition coefficient (Wildman–Crippen LogP) is 2.46. The summed E-state index contributed by atoms with van der Waals surface area (Å²) < 4.78 is 15.3. The van der Waals surface area contributed by atoms with Crippen molar-refractivity contribution in [3.63, 3.8) is 0 Å². The normalized spacial score (nSPS) is 10.6. The molecule has 0 atom stereocenters. The third kappa shape index (κ3) is 6.31. The fourth-order valence-corrected chi connectivity index (χ4v) is 3.45. The molecule has 0 aliphatic heterocycles. The Morgan fingerprint density at radius 3 is 2.39 bits per heavy atom. The van der Waals surface area contributed by atoms with Crippen LogP contribution < -0.4 is 15.0 Å². The Morgan fingerprint density at radius 2 is 1.73 bits per heavy atom. The van der Waals surface area contributed by atoms with Crippen LogP contribution in [0.2, 0.25) is 0 Å². The summed E-state index contributed by atoms with van der Waals surface area (Å²) in [5, 5.41) is 0.523. The minimum atomic E-state index is -0.515. The number of ether oxygens (including phenoxy) is 3. The number of aromatic amines is 1. The third-order valence-corrected chi connectivity index (χ3v) is 5.15.